The second-order valence-electron chi connectivity index (χ2n) is 6.23. The molecule has 0 N–H and O–H groups in total. The molecule has 1 aliphatic rings. The Balaban J connectivity index is 1.96. The van der Waals surface area contributed by atoms with Crippen LogP contribution in [0.5, 0.6) is 0 Å². The van der Waals surface area contributed by atoms with Crippen molar-refractivity contribution in [2.45, 2.75) is 44.8 Å². The van der Waals surface area contributed by atoms with Gasteiger partial charge in [-0.15, -0.1) is 0 Å². The van der Waals surface area contributed by atoms with Crippen molar-refractivity contribution >= 4 is 10.0 Å². The Hall–Kier alpha value is -1.01. The summed E-state index contributed by atoms with van der Waals surface area (Å²) in [7, 11) is -3.22. The van der Waals surface area contributed by atoms with Crippen molar-refractivity contribution in [1.29, 1.82) is 0 Å². The molecule has 1 aliphatic heterocycles. The van der Waals surface area contributed by atoms with Gasteiger partial charge in [0.2, 0.25) is 10.0 Å². The van der Waals surface area contributed by atoms with Crippen molar-refractivity contribution in [2.24, 2.45) is 5.92 Å². The molecule has 0 amide bonds. The Bertz CT molecular complexity index is 617. The van der Waals surface area contributed by atoms with Crippen LogP contribution in [-0.4, -0.2) is 31.1 Å². The van der Waals surface area contributed by atoms with E-state index in [2.05, 4.69) is 0 Å². The van der Waals surface area contributed by atoms with Crippen LogP contribution in [0.1, 0.15) is 38.7 Å². The average molecular weight is 331 g/mol. The molecule has 2 rings (SSSR count). The third-order valence-electron chi connectivity index (χ3n) is 4.27. The number of rotatable bonds is 5. The Morgan fingerprint density at radius 2 is 2.05 bits per heavy atom. The highest BCUT2D eigenvalue weighted by atomic mass is 32.2. The van der Waals surface area contributed by atoms with E-state index < -0.39 is 26.9 Å². The van der Waals surface area contributed by atoms with E-state index in [0.29, 0.717) is 31.5 Å². The number of piperidine rings is 1. The topological polar surface area (TPSA) is 37.4 Å². The Kier molecular flexibility index (Phi) is 5.55. The Morgan fingerprint density at radius 1 is 1.32 bits per heavy atom. The maximum atomic E-state index is 13.6. The maximum absolute atomic E-state index is 13.6. The van der Waals surface area contributed by atoms with Crippen LogP contribution < -0.4 is 0 Å². The van der Waals surface area contributed by atoms with Gasteiger partial charge in [-0.2, -0.15) is 0 Å². The molecule has 0 radical (unpaired) electrons. The third kappa shape index (κ3) is 4.04. The molecule has 0 bridgehead atoms. The summed E-state index contributed by atoms with van der Waals surface area (Å²) in [6, 6.07) is 3.62. The highest BCUT2D eigenvalue weighted by Gasteiger charge is 2.30. The fourth-order valence-electron chi connectivity index (χ4n) is 2.88. The Labute approximate surface area is 131 Å². The van der Waals surface area contributed by atoms with Crippen LogP contribution in [0.25, 0.3) is 0 Å². The van der Waals surface area contributed by atoms with E-state index in [1.165, 1.54) is 12.1 Å². The van der Waals surface area contributed by atoms with E-state index in [4.69, 9.17) is 0 Å². The third-order valence-corrected chi connectivity index (χ3v) is 6.52. The lowest BCUT2D eigenvalue weighted by Crippen LogP contribution is -2.43. The number of aryl methyl sites for hydroxylation is 1. The molecule has 3 nitrogen and oxygen atoms in total. The lowest BCUT2D eigenvalue weighted by atomic mass is 9.92. The molecular formula is C16H23F2NO2S. The lowest BCUT2D eigenvalue weighted by Gasteiger charge is -2.33. The largest absolute Gasteiger partial charge is 0.216 e. The molecule has 1 unspecified atom stereocenters. The lowest BCUT2D eigenvalue weighted by molar-refractivity contribution is 0.254. The molecule has 1 saturated heterocycles. The van der Waals surface area contributed by atoms with Gasteiger partial charge in [0.15, 0.2) is 0 Å². The smallest absolute Gasteiger partial charge is 0.212 e. The number of halogens is 2. The number of nitrogens with zero attached hydrogens (tertiary/aromatic N) is 1. The first-order valence-electron chi connectivity index (χ1n) is 7.73. The van der Waals surface area contributed by atoms with E-state index in [-0.39, 0.29) is 5.92 Å². The van der Waals surface area contributed by atoms with Gasteiger partial charge in [0, 0.05) is 19.2 Å². The summed E-state index contributed by atoms with van der Waals surface area (Å²) in [5.41, 5.74) is 0.491. The average Bonchev–Trinajstić information content (AvgIpc) is 2.46. The van der Waals surface area contributed by atoms with Crippen molar-refractivity contribution in [1.82, 2.24) is 4.31 Å². The van der Waals surface area contributed by atoms with Gasteiger partial charge in [0.05, 0.1) is 5.25 Å². The van der Waals surface area contributed by atoms with Crippen LogP contribution in [-0.2, 0) is 16.4 Å². The van der Waals surface area contributed by atoms with E-state index in [0.717, 1.165) is 18.9 Å². The minimum atomic E-state index is -3.22. The van der Waals surface area contributed by atoms with E-state index in [1.807, 2.05) is 0 Å². The van der Waals surface area contributed by atoms with Gasteiger partial charge >= 0.3 is 0 Å². The Morgan fingerprint density at radius 3 is 2.68 bits per heavy atom. The predicted molar refractivity (Wildman–Crippen MR) is 83.0 cm³/mol. The van der Waals surface area contributed by atoms with Gasteiger partial charge in [-0.1, -0.05) is 6.07 Å². The first kappa shape index (κ1) is 17.3. The van der Waals surface area contributed by atoms with Gasteiger partial charge in [-0.3, -0.25) is 0 Å². The van der Waals surface area contributed by atoms with Crippen LogP contribution in [0.4, 0.5) is 8.78 Å². The first-order chi connectivity index (χ1) is 10.3. The van der Waals surface area contributed by atoms with Gasteiger partial charge in [-0.05, 0) is 57.1 Å². The zero-order chi connectivity index (χ0) is 16.3. The van der Waals surface area contributed by atoms with Gasteiger partial charge in [0.25, 0.3) is 0 Å². The zero-order valence-electron chi connectivity index (χ0n) is 13.1. The highest BCUT2D eigenvalue weighted by molar-refractivity contribution is 7.89. The summed E-state index contributed by atoms with van der Waals surface area (Å²) in [6.45, 7) is 4.45. The second-order valence-corrected chi connectivity index (χ2v) is 8.72. The van der Waals surface area contributed by atoms with Crippen LogP contribution >= 0.6 is 0 Å². The quantitative estimate of drug-likeness (QED) is 0.830. The fraction of sp³-hybridized carbons (Fsp3) is 0.625. The summed E-state index contributed by atoms with van der Waals surface area (Å²) >= 11 is 0. The minimum absolute atomic E-state index is 0.228. The first-order valence-corrected chi connectivity index (χ1v) is 9.24. The molecule has 1 heterocycles. The van der Waals surface area contributed by atoms with Crippen molar-refractivity contribution in [2.75, 3.05) is 13.1 Å². The van der Waals surface area contributed by atoms with Gasteiger partial charge in [-0.25, -0.2) is 21.5 Å². The number of hydrogen-bond donors (Lipinski definition) is 0. The van der Waals surface area contributed by atoms with Crippen molar-refractivity contribution in [3.63, 3.8) is 0 Å². The summed E-state index contributed by atoms with van der Waals surface area (Å²) < 4.78 is 52.5. The molecule has 0 aromatic heterocycles. The fourth-order valence-corrected chi connectivity index (χ4v) is 4.27. The molecule has 0 spiro atoms. The normalized spacial score (nSPS) is 20.5. The molecule has 1 aromatic carbocycles. The molecule has 0 aliphatic carbocycles. The minimum Gasteiger partial charge on any atom is -0.212 e. The number of sulfonamides is 1. The van der Waals surface area contributed by atoms with Crippen LogP contribution in [0.15, 0.2) is 18.2 Å². The zero-order valence-corrected chi connectivity index (χ0v) is 13.9. The molecule has 1 aromatic rings. The molecule has 1 atom stereocenters. The van der Waals surface area contributed by atoms with Gasteiger partial charge in [0.1, 0.15) is 11.6 Å². The van der Waals surface area contributed by atoms with Crippen LogP contribution in [0.2, 0.25) is 0 Å². The maximum Gasteiger partial charge on any atom is 0.216 e. The van der Waals surface area contributed by atoms with E-state index >= 15 is 0 Å². The highest BCUT2D eigenvalue weighted by Crippen LogP contribution is 2.25. The summed E-state index contributed by atoms with van der Waals surface area (Å²) in [6.07, 6.45) is 3.01. The summed E-state index contributed by atoms with van der Waals surface area (Å²) in [5, 5.41) is -0.416. The predicted octanol–water partition coefficient (Wildman–Crippen LogP) is 3.35. The van der Waals surface area contributed by atoms with E-state index in [1.54, 1.807) is 18.2 Å². The van der Waals surface area contributed by atoms with Gasteiger partial charge < -0.3 is 0 Å². The monoisotopic (exact) mass is 331 g/mol. The van der Waals surface area contributed by atoms with Crippen molar-refractivity contribution < 1.29 is 17.2 Å². The molecule has 124 valence electrons. The van der Waals surface area contributed by atoms with Crippen molar-refractivity contribution in [3.8, 4) is 0 Å². The van der Waals surface area contributed by atoms with Crippen LogP contribution in [0.3, 0.4) is 0 Å². The standard InChI is InChI=1S/C16H23F2NO2S/c1-12(2)22(20,21)19-9-3-4-13(11-19)5-6-14-7-8-15(17)10-16(14)18/h7-8,10,12-13H,3-6,9,11H2,1-2H3. The summed E-state index contributed by atoms with van der Waals surface area (Å²) in [4.78, 5) is 0. The van der Waals surface area contributed by atoms with Crippen molar-refractivity contribution in [3.05, 3.63) is 35.4 Å². The number of hydrogen-bond acceptors (Lipinski definition) is 2. The molecule has 1 fully saturated rings. The second kappa shape index (κ2) is 7.04. The van der Waals surface area contributed by atoms with Crippen LogP contribution in [0, 0.1) is 17.6 Å². The molecule has 0 saturated carbocycles. The SMILES string of the molecule is CC(C)S(=O)(=O)N1CCCC(CCc2ccc(F)cc2F)C1. The van der Waals surface area contributed by atoms with E-state index in [9.17, 15) is 17.2 Å². The molecule has 6 heteroatoms. The number of benzene rings is 1. The summed E-state index contributed by atoms with van der Waals surface area (Å²) in [5.74, 6) is -0.873. The molecule has 22 heavy (non-hydrogen) atoms. The molecular weight excluding hydrogens is 308 g/mol.